The largest absolute Gasteiger partial charge is 0.352 e. The third-order valence-corrected chi connectivity index (χ3v) is 4.64. The zero-order chi connectivity index (χ0) is 18.9. The van der Waals surface area contributed by atoms with Crippen LogP contribution in [-0.2, 0) is 16.0 Å². The van der Waals surface area contributed by atoms with Crippen LogP contribution in [0.15, 0.2) is 54.1 Å². The topological polar surface area (TPSA) is 46.2 Å². The van der Waals surface area contributed by atoms with Gasteiger partial charge >= 0.3 is 0 Å². The van der Waals surface area contributed by atoms with Gasteiger partial charge in [0, 0.05) is 6.54 Å². The van der Waals surface area contributed by atoms with Crippen molar-refractivity contribution in [2.45, 2.75) is 26.2 Å². The van der Waals surface area contributed by atoms with Gasteiger partial charge in [-0.1, -0.05) is 59.6 Å². The van der Waals surface area contributed by atoms with Crippen molar-refractivity contribution >= 4 is 41.0 Å². The van der Waals surface area contributed by atoms with Crippen molar-refractivity contribution < 1.29 is 9.59 Å². The Morgan fingerprint density at radius 2 is 1.73 bits per heavy atom. The smallest absolute Gasteiger partial charge is 0.254 e. The van der Waals surface area contributed by atoms with Crippen molar-refractivity contribution in [1.82, 2.24) is 5.32 Å². The maximum atomic E-state index is 12.3. The summed E-state index contributed by atoms with van der Waals surface area (Å²) >= 11 is 11.9. The normalized spacial score (nSPS) is 11.3. The van der Waals surface area contributed by atoms with Crippen LogP contribution >= 0.6 is 23.2 Å². The number of benzene rings is 2. The Balaban J connectivity index is 1.88. The first kappa shape index (κ1) is 20.2. The Bertz CT molecular complexity index is 801. The van der Waals surface area contributed by atoms with Gasteiger partial charge in [-0.25, -0.2) is 0 Å². The van der Waals surface area contributed by atoms with E-state index in [0.29, 0.717) is 22.2 Å². The van der Waals surface area contributed by atoms with Gasteiger partial charge in [0.2, 0.25) is 0 Å². The first-order chi connectivity index (χ1) is 12.5. The lowest BCUT2D eigenvalue weighted by Crippen LogP contribution is -2.28. The number of halogens is 2. The number of hydrogen-bond acceptors (Lipinski definition) is 2. The van der Waals surface area contributed by atoms with Gasteiger partial charge in [-0.05, 0) is 55.5 Å². The summed E-state index contributed by atoms with van der Waals surface area (Å²) in [7, 11) is 0. The van der Waals surface area contributed by atoms with E-state index in [0.717, 1.165) is 19.3 Å². The molecule has 2 rings (SSSR count). The minimum atomic E-state index is -0.372. The molecule has 0 bridgehead atoms. The van der Waals surface area contributed by atoms with Crippen molar-refractivity contribution in [3.8, 4) is 0 Å². The predicted molar refractivity (Wildman–Crippen MR) is 108 cm³/mol. The third-order valence-electron chi connectivity index (χ3n) is 3.90. The molecule has 0 saturated carbocycles. The van der Waals surface area contributed by atoms with Gasteiger partial charge in [-0.3, -0.25) is 9.59 Å². The molecular formula is C21H21Cl2NO2. The van der Waals surface area contributed by atoms with Crippen LogP contribution in [0.25, 0.3) is 6.08 Å². The van der Waals surface area contributed by atoms with Crippen LogP contribution in [0.2, 0.25) is 10.0 Å². The number of nitrogens with one attached hydrogen (secondary N) is 1. The maximum absolute atomic E-state index is 12.3. The fourth-order valence-corrected chi connectivity index (χ4v) is 2.80. The lowest BCUT2D eigenvalue weighted by Gasteiger charge is -2.07. The molecule has 0 aromatic heterocycles. The maximum Gasteiger partial charge on any atom is 0.254 e. The summed E-state index contributed by atoms with van der Waals surface area (Å²) in [6.07, 6.45) is 4.31. The van der Waals surface area contributed by atoms with E-state index in [4.69, 9.17) is 23.2 Å². The molecule has 0 radical (unpaired) electrons. The fraction of sp³-hybridized carbons (Fsp3) is 0.238. The minimum Gasteiger partial charge on any atom is -0.352 e. The number of carbonyl (C=O) groups excluding carboxylic acids is 2. The molecule has 3 nitrogen and oxygen atoms in total. The fourth-order valence-electron chi connectivity index (χ4n) is 2.49. The molecule has 0 unspecified atom stereocenters. The first-order valence-corrected chi connectivity index (χ1v) is 9.23. The standard InChI is InChI=1S/C21H21Cl2NO2/c1-15(25)18(13-17-10-11-19(22)20(23)14-17)21(26)24-12-6-5-9-16-7-3-2-4-8-16/h2-4,7-8,10-11,13-14H,5-6,9,12H2,1H3,(H,24,26). The van der Waals surface area contributed by atoms with Gasteiger partial charge in [0.15, 0.2) is 5.78 Å². The molecule has 2 aromatic carbocycles. The zero-order valence-corrected chi connectivity index (χ0v) is 16.1. The summed E-state index contributed by atoms with van der Waals surface area (Å²) in [6, 6.07) is 15.2. The van der Waals surface area contributed by atoms with Gasteiger partial charge in [0.25, 0.3) is 5.91 Å². The Kier molecular flexibility index (Phi) is 7.89. The van der Waals surface area contributed by atoms with Crippen LogP contribution in [-0.4, -0.2) is 18.2 Å². The van der Waals surface area contributed by atoms with E-state index in [1.807, 2.05) is 18.2 Å². The molecule has 26 heavy (non-hydrogen) atoms. The molecule has 0 atom stereocenters. The number of hydrogen-bond donors (Lipinski definition) is 1. The second kappa shape index (κ2) is 10.1. The molecule has 0 fully saturated rings. The average Bonchev–Trinajstić information content (AvgIpc) is 2.62. The number of amides is 1. The monoisotopic (exact) mass is 389 g/mol. The van der Waals surface area contributed by atoms with Gasteiger partial charge in [-0.15, -0.1) is 0 Å². The number of aryl methyl sites for hydroxylation is 1. The van der Waals surface area contributed by atoms with Crippen molar-refractivity contribution in [3.63, 3.8) is 0 Å². The van der Waals surface area contributed by atoms with Gasteiger partial charge < -0.3 is 5.32 Å². The van der Waals surface area contributed by atoms with Crippen molar-refractivity contribution in [2.24, 2.45) is 0 Å². The Morgan fingerprint density at radius 1 is 1.00 bits per heavy atom. The van der Waals surface area contributed by atoms with Gasteiger partial charge in [0.1, 0.15) is 0 Å². The number of Topliss-reactive ketones (excluding diaryl/α,β-unsaturated/α-hetero) is 1. The number of carbonyl (C=O) groups is 2. The van der Waals surface area contributed by atoms with Crippen molar-refractivity contribution in [2.75, 3.05) is 6.54 Å². The van der Waals surface area contributed by atoms with Crippen LogP contribution < -0.4 is 5.32 Å². The van der Waals surface area contributed by atoms with E-state index in [1.165, 1.54) is 18.6 Å². The molecule has 5 heteroatoms. The number of ketones is 1. The third kappa shape index (κ3) is 6.32. The molecule has 0 saturated heterocycles. The Hall–Kier alpha value is -2.10. The lowest BCUT2D eigenvalue weighted by atomic mass is 10.1. The first-order valence-electron chi connectivity index (χ1n) is 8.47. The Labute approximate surface area is 164 Å². The van der Waals surface area contributed by atoms with E-state index < -0.39 is 0 Å². The van der Waals surface area contributed by atoms with Crippen LogP contribution in [0.5, 0.6) is 0 Å². The minimum absolute atomic E-state index is 0.103. The average molecular weight is 390 g/mol. The quantitative estimate of drug-likeness (QED) is 0.295. The molecule has 0 spiro atoms. The van der Waals surface area contributed by atoms with E-state index in [1.54, 1.807) is 18.2 Å². The molecule has 2 aromatic rings. The summed E-state index contributed by atoms with van der Waals surface area (Å²) in [5.74, 6) is -0.666. The van der Waals surface area contributed by atoms with E-state index in [-0.39, 0.29) is 17.3 Å². The van der Waals surface area contributed by atoms with Crippen molar-refractivity contribution in [3.05, 3.63) is 75.3 Å². The van der Waals surface area contributed by atoms with E-state index in [9.17, 15) is 9.59 Å². The molecule has 136 valence electrons. The molecule has 1 amide bonds. The highest BCUT2D eigenvalue weighted by molar-refractivity contribution is 6.42. The second-order valence-corrected chi connectivity index (χ2v) is 6.80. The second-order valence-electron chi connectivity index (χ2n) is 5.99. The SMILES string of the molecule is CC(=O)C(=Cc1ccc(Cl)c(Cl)c1)C(=O)NCCCCc1ccccc1. The van der Waals surface area contributed by atoms with Gasteiger partial charge in [0.05, 0.1) is 15.6 Å². The van der Waals surface area contributed by atoms with Gasteiger partial charge in [-0.2, -0.15) is 0 Å². The van der Waals surface area contributed by atoms with Crippen LogP contribution in [0.1, 0.15) is 30.9 Å². The van der Waals surface area contributed by atoms with Crippen molar-refractivity contribution in [1.29, 1.82) is 0 Å². The highest BCUT2D eigenvalue weighted by Gasteiger charge is 2.14. The van der Waals surface area contributed by atoms with E-state index in [2.05, 4.69) is 17.4 Å². The number of rotatable bonds is 8. The van der Waals surface area contributed by atoms with Crippen LogP contribution in [0.4, 0.5) is 0 Å². The molecule has 0 aliphatic heterocycles. The summed E-state index contributed by atoms with van der Waals surface area (Å²) in [5.41, 5.74) is 2.04. The molecule has 0 aliphatic rings. The Morgan fingerprint density at radius 3 is 2.38 bits per heavy atom. The molecular weight excluding hydrogens is 369 g/mol. The summed E-state index contributed by atoms with van der Waals surface area (Å²) in [4.78, 5) is 24.1. The predicted octanol–water partition coefficient (Wildman–Crippen LogP) is 5.10. The summed E-state index contributed by atoms with van der Waals surface area (Å²) in [5, 5.41) is 3.62. The molecule has 1 N–H and O–H groups in total. The van der Waals surface area contributed by atoms with Crippen LogP contribution in [0, 0.1) is 0 Å². The number of unbranched alkanes of at least 4 members (excludes halogenated alkanes) is 1. The molecule has 0 heterocycles. The van der Waals surface area contributed by atoms with E-state index >= 15 is 0 Å². The lowest BCUT2D eigenvalue weighted by molar-refractivity contribution is -0.121. The summed E-state index contributed by atoms with van der Waals surface area (Å²) in [6.45, 7) is 1.90. The highest BCUT2D eigenvalue weighted by atomic mass is 35.5. The summed E-state index contributed by atoms with van der Waals surface area (Å²) < 4.78 is 0. The highest BCUT2D eigenvalue weighted by Crippen LogP contribution is 2.23. The van der Waals surface area contributed by atoms with Crippen LogP contribution in [0.3, 0.4) is 0 Å². The zero-order valence-electron chi connectivity index (χ0n) is 14.6. The molecule has 0 aliphatic carbocycles.